The van der Waals surface area contributed by atoms with Crippen LogP contribution in [-0.4, -0.2) is 16.1 Å². The van der Waals surface area contributed by atoms with Gasteiger partial charge < -0.3 is 5.11 Å². The molecular formula is C12H11NO2S2. The summed E-state index contributed by atoms with van der Waals surface area (Å²) in [5.74, 6) is -1.28. The van der Waals surface area contributed by atoms with Crippen LogP contribution in [0.3, 0.4) is 0 Å². The number of aliphatic carboxylic acids is 1. The molecule has 1 aromatic carbocycles. The van der Waals surface area contributed by atoms with E-state index >= 15 is 0 Å². The minimum absolute atomic E-state index is 0.480. The smallest absolute Gasteiger partial charge is 0.310 e. The van der Waals surface area contributed by atoms with Crippen molar-refractivity contribution in [3.63, 3.8) is 0 Å². The first-order valence-corrected chi connectivity index (χ1v) is 6.76. The first kappa shape index (κ1) is 12.1. The summed E-state index contributed by atoms with van der Waals surface area (Å²) in [6, 6.07) is 7.59. The number of aromatic nitrogens is 1. The van der Waals surface area contributed by atoms with Crippen molar-refractivity contribution in [1.82, 2.24) is 4.98 Å². The molecule has 1 unspecified atom stereocenters. The zero-order valence-electron chi connectivity index (χ0n) is 9.16. The molecule has 5 heteroatoms. The summed E-state index contributed by atoms with van der Waals surface area (Å²) in [4.78, 5) is 16.1. The van der Waals surface area contributed by atoms with Gasteiger partial charge in [0, 0.05) is 16.5 Å². The van der Waals surface area contributed by atoms with Crippen molar-refractivity contribution in [3.8, 4) is 0 Å². The van der Waals surface area contributed by atoms with Crippen LogP contribution >= 0.6 is 23.1 Å². The lowest BCUT2D eigenvalue weighted by Gasteiger charge is -2.07. The Balaban J connectivity index is 2.19. The van der Waals surface area contributed by atoms with Crippen LogP contribution in [-0.2, 0) is 4.79 Å². The van der Waals surface area contributed by atoms with E-state index in [1.165, 1.54) is 0 Å². The highest BCUT2D eigenvalue weighted by atomic mass is 32.2. The lowest BCUT2D eigenvalue weighted by molar-refractivity contribution is -0.138. The molecule has 0 aliphatic heterocycles. The zero-order valence-corrected chi connectivity index (χ0v) is 10.8. The standard InChI is InChI=1S/C12H11NO2S2/c1-8(11(14)15)9-3-2-4-10(7-9)17-12-13-5-6-16-12/h2-8H,1H3,(H,14,15). The quantitative estimate of drug-likeness (QED) is 0.919. The van der Waals surface area contributed by atoms with Gasteiger partial charge in [-0.2, -0.15) is 0 Å². The van der Waals surface area contributed by atoms with Gasteiger partial charge in [0.25, 0.3) is 0 Å². The number of carboxylic acid groups (broad SMARTS) is 1. The molecular weight excluding hydrogens is 254 g/mol. The van der Waals surface area contributed by atoms with Crippen LogP contribution < -0.4 is 0 Å². The average Bonchev–Trinajstić information content (AvgIpc) is 2.81. The Kier molecular flexibility index (Phi) is 3.81. The fourth-order valence-corrected chi connectivity index (χ4v) is 3.02. The van der Waals surface area contributed by atoms with Crippen LogP contribution in [0.25, 0.3) is 0 Å². The lowest BCUT2D eigenvalue weighted by Crippen LogP contribution is -2.07. The highest BCUT2D eigenvalue weighted by molar-refractivity contribution is 8.01. The van der Waals surface area contributed by atoms with Gasteiger partial charge >= 0.3 is 5.97 Å². The van der Waals surface area contributed by atoms with E-state index in [2.05, 4.69) is 4.98 Å². The Morgan fingerprint density at radius 3 is 3.00 bits per heavy atom. The highest BCUT2D eigenvalue weighted by Gasteiger charge is 2.13. The van der Waals surface area contributed by atoms with Gasteiger partial charge in [0.15, 0.2) is 4.34 Å². The number of carboxylic acids is 1. The monoisotopic (exact) mass is 265 g/mol. The summed E-state index contributed by atoms with van der Waals surface area (Å²) in [5.41, 5.74) is 0.819. The van der Waals surface area contributed by atoms with Gasteiger partial charge in [-0.15, -0.1) is 11.3 Å². The van der Waals surface area contributed by atoms with Crippen LogP contribution in [0.5, 0.6) is 0 Å². The fraction of sp³-hybridized carbons (Fsp3) is 0.167. The van der Waals surface area contributed by atoms with Gasteiger partial charge in [0.1, 0.15) is 0 Å². The van der Waals surface area contributed by atoms with Crippen molar-refractivity contribution in [2.24, 2.45) is 0 Å². The molecule has 2 aromatic rings. The minimum Gasteiger partial charge on any atom is -0.481 e. The molecule has 0 aliphatic rings. The highest BCUT2D eigenvalue weighted by Crippen LogP contribution is 2.30. The third kappa shape index (κ3) is 3.08. The van der Waals surface area contributed by atoms with E-state index in [4.69, 9.17) is 5.11 Å². The largest absolute Gasteiger partial charge is 0.481 e. The van der Waals surface area contributed by atoms with E-state index in [9.17, 15) is 4.79 Å². The first-order valence-electron chi connectivity index (χ1n) is 5.07. The number of hydrogen-bond acceptors (Lipinski definition) is 4. The minimum atomic E-state index is -0.804. The number of carbonyl (C=O) groups is 1. The first-order chi connectivity index (χ1) is 8.16. The molecule has 0 saturated carbocycles. The van der Waals surface area contributed by atoms with E-state index in [1.807, 2.05) is 29.6 Å². The van der Waals surface area contributed by atoms with Gasteiger partial charge in [-0.1, -0.05) is 23.9 Å². The SMILES string of the molecule is CC(C(=O)O)c1cccc(Sc2nccs2)c1. The zero-order chi connectivity index (χ0) is 12.3. The van der Waals surface area contributed by atoms with Crippen LogP contribution in [0.2, 0.25) is 0 Å². The maximum Gasteiger partial charge on any atom is 0.310 e. The van der Waals surface area contributed by atoms with E-state index in [-0.39, 0.29) is 0 Å². The van der Waals surface area contributed by atoms with Crippen LogP contribution in [0, 0.1) is 0 Å². The Bertz CT molecular complexity index is 511. The number of benzene rings is 1. The molecule has 1 atom stereocenters. The molecule has 0 saturated heterocycles. The summed E-state index contributed by atoms with van der Waals surface area (Å²) in [7, 11) is 0. The summed E-state index contributed by atoms with van der Waals surface area (Å²) in [6.45, 7) is 1.69. The number of rotatable bonds is 4. The van der Waals surface area contributed by atoms with E-state index < -0.39 is 11.9 Å². The van der Waals surface area contributed by atoms with Crippen molar-refractivity contribution >= 4 is 29.1 Å². The normalized spacial score (nSPS) is 12.3. The lowest BCUT2D eigenvalue weighted by atomic mass is 10.0. The molecule has 0 bridgehead atoms. The summed E-state index contributed by atoms with van der Waals surface area (Å²) >= 11 is 3.13. The molecule has 2 rings (SSSR count). The molecule has 17 heavy (non-hydrogen) atoms. The van der Waals surface area contributed by atoms with Gasteiger partial charge in [-0.25, -0.2) is 4.98 Å². The molecule has 0 aliphatic carbocycles. The predicted octanol–water partition coefficient (Wildman–Crippen LogP) is 3.48. The Morgan fingerprint density at radius 1 is 1.53 bits per heavy atom. The Hall–Kier alpha value is -1.33. The van der Waals surface area contributed by atoms with E-state index in [0.29, 0.717) is 0 Å². The summed E-state index contributed by atoms with van der Waals surface area (Å²) in [6.07, 6.45) is 1.76. The predicted molar refractivity (Wildman–Crippen MR) is 68.7 cm³/mol. The van der Waals surface area contributed by atoms with Gasteiger partial charge in [0.2, 0.25) is 0 Å². The molecule has 1 heterocycles. The third-order valence-electron chi connectivity index (χ3n) is 2.34. The van der Waals surface area contributed by atoms with Gasteiger partial charge in [-0.3, -0.25) is 4.79 Å². The van der Waals surface area contributed by atoms with Gasteiger partial charge in [0.05, 0.1) is 5.92 Å². The molecule has 88 valence electrons. The van der Waals surface area contributed by atoms with Gasteiger partial charge in [-0.05, 0) is 24.6 Å². The second kappa shape index (κ2) is 5.33. The topological polar surface area (TPSA) is 50.2 Å². The third-order valence-corrected chi connectivity index (χ3v) is 4.22. The molecule has 0 fully saturated rings. The number of hydrogen-bond donors (Lipinski definition) is 1. The molecule has 1 aromatic heterocycles. The van der Waals surface area contributed by atoms with Crippen LogP contribution in [0.4, 0.5) is 0 Å². The summed E-state index contributed by atoms with van der Waals surface area (Å²) in [5, 5.41) is 10.9. The van der Waals surface area contributed by atoms with E-state index in [1.54, 1.807) is 36.2 Å². The second-order valence-electron chi connectivity index (χ2n) is 3.53. The second-order valence-corrected chi connectivity index (χ2v) is 5.75. The maximum absolute atomic E-state index is 10.9. The van der Waals surface area contributed by atoms with E-state index in [0.717, 1.165) is 14.8 Å². The number of nitrogens with zero attached hydrogens (tertiary/aromatic N) is 1. The molecule has 0 radical (unpaired) electrons. The van der Waals surface area contributed by atoms with Crippen molar-refractivity contribution in [2.75, 3.05) is 0 Å². The van der Waals surface area contributed by atoms with Crippen molar-refractivity contribution in [1.29, 1.82) is 0 Å². The van der Waals surface area contributed by atoms with Crippen LogP contribution in [0.15, 0.2) is 45.1 Å². The fourth-order valence-electron chi connectivity index (χ4n) is 1.35. The maximum atomic E-state index is 10.9. The average molecular weight is 265 g/mol. The van der Waals surface area contributed by atoms with Crippen molar-refractivity contribution in [2.45, 2.75) is 22.1 Å². The van der Waals surface area contributed by atoms with Crippen molar-refractivity contribution in [3.05, 3.63) is 41.4 Å². The molecule has 0 amide bonds. The Morgan fingerprint density at radius 2 is 2.35 bits per heavy atom. The Labute approximate surface area is 108 Å². The number of thiazole rings is 1. The molecule has 3 nitrogen and oxygen atoms in total. The van der Waals surface area contributed by atoms with Crippen LogP contribution in [0.1, 0.15) is 18.4 Å². The van der Waals surface area contributed by atoms with Crippen molar-refractivity contribution < 1.29 is 9.90 Å². The summed E-state index contributed by atoms with van der Waals surface area (Å²) < 4.78 is 0.963. The molecule has 1 N–H and O–H groups in total. The molecule has 0 spiro atoms.